The summed E-state index contributed by atoms with van der Waals surface area (Å²) in [5.41, 5.74) is 5.59. The van der Waals surface area contributed by atoms with E-state index in [-0.39, 0.29) is 5.76 Å². The zero-order valence-corrected chi connectivity index (χ0v) is 14.1. The molecule has 3 aromatic rings. The maximum Gasteiger partial charge on any atom is 0.438 e. The molecule has 0 N–H and O–H groups in total. The Bertz CT molecular complexity index is 912. The SMILES string of the molecule is CCOC(=O)c1cc(-c2ccccc2)c2c([o+]1)-c1ccccc1CC2. The van der Waals surface area contributed by atoms with Crippen LogP contribution in [0.4, 0.5) is 0 Å². The van der Waals surface area contributed by atoms with Crippen molar-refractivity contribution in [3.63, 3.8) is 0 Å². The average Bonchev–Trinajstić information content (AvgIpc) is 2.68. The molecule has 0 fully saturated rings. The lowest BCUT2D eigenvalue weighted by Gasteiger charge is -2.16. The molecular formula is C22H19O3+. The van der Waals surface area contributed by atoms with Gasteiger partial charge in [0.2, 0.25) is 0 Å². The molecule has 0 spiro atoms. The third kappa shape index (κ3) is 2.82. The minimum atomic E-state index is -0.425. The number of hydrogen-bond donors (Lipinski definition) is 0. The third-order valence-corrected chi connectivity index (χ3v) is 4.55. The summed E-state index contributed by atoms with van der Waals surface area (Å²) in [7, 11) is 0. The highest BCUT2D eigenvalue weighted by Crippen LogP contribution is 2.39. The van der Waals surface area contributed by atoms with Crippen molar-refractivity contribution in [3.05, 3.63) is 77.6 Å². The minimum Gasteiger partial charge on any atom is -0.456 e. The summed E-state index contributed by atoms with van der Waals surface area (Å²) < 4.78 is 11.2. The monoisotopic (exact) mass is 331 g/mol. The van der Waals surface area contributed by atoms with Crippen molar-refractivity contribution >= 4 is 5.97 Å². The Hall–Kier alpha value is -2.94. The van der Waals surface area contributed by atoms with Crippen molar-refractivity contribution in [1.29, 1.82) is 0 Å². The molecule has 124 valence electrons. The smallest absolute Gasteiger partial charge is 0.438 e. The standard InChI is InChI=1S/C22H19O3/c1-2-24-22(23)20-14-19(15-8-4-3-5-9-15)18-13-12-16-10-6-7-11-17(16)21(18)25-20/h3-11,14H,2,12-13H2,1H3/q+1. The maximum absolute atomic E-state index is 12.3. The lowest BCUT2D eigenvalue weighted by molar-refractivity contribution is 0.0488. The molecule has 1 aliphatic carbocycles. The summed E-state index contributed by atoms with van der Waals surface area (Å²) in [5.74, 6) is 0.605. The van der Waals surface area contributed by atoms with Crippen LogP contribution in [0.5, 0.6) is 0 Å². The van der Waals surface area contributed by atoms with E-state index < -0.39 is 5.97 Å². The van der Waals surface area contributed by atoms with Crippen LogP contribution in [0.15, 0.2) is 65.1 Å². The van der Waals surface area contributed by atoms with Gasteiger partial charge in [-0.2, -0.15) is 4.42 Å². The Balaban J connectivity index is 1.96. The van der Waals surface area contributed by atoms with Crippen molar-refractivity contribution in [2.45, 2.75) is 19.8 Å². The zero-order valence-electron chi connectivity index (χ0n) is 14.1. The Kier molecular flexibility index (Phi) is 4.06. The predicted molar refractivity (Wildman–Crippen MR) is 97.4 cm³/mol. The van der Waals surface area contributed by atoms with E-state index in [0.29, 0.717) is 6.61 Å². The van der Waals surface area contributed by atoms with Crippen LogP contribution in [-0.4, -0.2) is 12.6 Å². The number of fused-ring (bicyclic) bond motifs is 3. The molecule has 0 amide bonds. The first-order valence-electron chi connectivity index (χ1n) is 8.58. The molecule has 3 heteroatoms. The topological polar surface area (TPSA) is 37.6 Å². The van der Waals surface area contributed by atoms with Crippen LogP contribution in [-0.2, 0) is 17.6 Å². The van der Waals surface area contributed by atoms with E-state index in [0.717, 1.165) is 40.9 Å². The molecule has 0 radical (unpaired) electrons. The lowest BCUT2D eigenvalue weighted by Crippen LogP contribution is -2.10. The number of hydrogen-bond acceptors (Lipinski definition) is 2. The van der Waals surface area contributed by atoms with Gasteiger partial charge in [-0.1, -0.05) is 48.5 Å². The van der Waals surface area contributed by atoms with Crippen LogP contribution in [0.3, 0.4) is 0 Å². The molecule has 1 aliphatic rings. The average molecular weight is 331 g/mol. The van der Waals surface area contributed by atoms with Gasteiger partial charge >= 0.3 is 17.5 Å². The Morgan fingerprint density at radius 1 is 1.00 bits per heavy atom. The fraction of sp³-hybridized carbons (Fsp3) is 0.182. The molecule has 0 saturated heterocycles. The molecule has 25 heavy (non-hydrogen) atoms. The summed E-state index contributed by atoms with van der Waals surface area (Å²) in [6.45, 7) is 2.12. The predicted octanol–water partition coefficient (Wildman–Crippen LogP) is 5.17. The van der Waals surface area contributed by atoms with Crippen molar-refractivity contribution < 1.29 is 13.9 Å². The second-order valence-corrected chi connectivity index (χ2v) is 6.08. The highest BCUT2D eigenvalue weighted by molar-refractivity contribution is 5.90. The summed E-state index contributed by atoms with van der Waals surface area (Å²) in [6, 6.07) is 20.2. The van der Waals surface area contributed by atoms with Crippen LogP contribution in [0.1, 0.15) is 28.6 Å². The number of carbonyl (C=O) groups is 1. The largest absolute Gasteiger partial charge is 0.456 e. The first kappa shape index (κ1) is 15.6. The molecule has 0 atom stereocenters. The van der Waals surface area contributed by atoms with E-state index in [1.165, 1.54) is 5.56 Å². The molecule has 1 aromatic heterocycles. The molecular weight excluding hydrogens is 312 g/mol. The summed E-state index contributed by atoms with van der Waals surface area (Å²) >= 11 is 0. The molecule has 1 heterocycles. The normalized spacial score (nSPS) is 12.2. The van der Waals surface area contributed by atoms with E-state index in [2.05, 4.69) is 24.3 Å². The van der Waals surface area contributed by atoms with E-state index in [1.807, 2.05) is 36.4 Å². The number of rotatable bonds is 3. The second kappa shape index (κ2) is 6.52. The minimum absolute atomic E-state index is 0.246. The van der Waals surface area contributed by atoms with Crippen LogP contribution < -0.4 is 0 Å². The van der Waals surface area contributed by atoms with Gasteiger partial charge in [-0.3, -0.25) is 0 Å². The van der Waals surface area contributed by atoms with Gasteiger partial charge in [-0.15, -0.1) is 0 Å². The molecule has 0 unspecified atom stereocenters. The van der Waals surface area contributed by atoms with Gasteiger partial charge in [0.25, 0.3) is 0 Å². The number of ether oxygens (including phenoxy) is 1. The van der Waals surface area contributed by atoms with Crippen molar-refractivity contribution in [3.8, 4) is 22.5 Å². The molecule has 0 aliphatic heterocycles. The third-order valence-electron chi connectivity index (χ3n) is 4.55. The molecule has 2 aromatic carbocycles. The fourth-order valence-electron chi connectivity index (χ4n) is 3.40. The van der Waals surface area contributed by atoms with Gasteiger partial charge in [0, 0.05) is 5.56 Å². The van der Waals surface area contributed by atoms with E-state index in [4.69, 9.17) is 9.15 Å². The number of esters is 1. The molecule has 0 saturated carbocycles. The Morgan fingerprint density at radius 2 is 1.76 bits per heavy atom. The van der Waals surface area contributed by atoms with Crippen LogP contribution in [0, 0.1) is 0 Å². The Labute approximate surface area is 146 Å². The van der Waals surface area contributed by atoms with Crippen LogP contribution in [0.25, 0.3) is 22.5 Å². The van der Waals surface area contributed by atoms with Crippen LogP contribution >= 0.6 is 0 Å². The van der Waals surface area contributed by atoms with E-state index >= 15 is 0 Å². The second-order valence-electron chi connectivity index (χ2n) is 6.08. The number of carbonyl (C=O) groups excluding carboxylic acids is 1. The highest BCUT2D eigenvalue weighted by Gasteiger charge is 2.34. The summed E-state index contributed by atoms with van der Waals surface area (Å²) in [4.78, 5) is 12.3. The number of benzene rings is 2. The molecule has 3 nitrogen and oxygen atoms in total. The van der Waals surface area contributed by atoms with Crippen LogP contribution in [0.2, 0.25) is 0 Å². The lowest BCUT2D eigenvalue weighted by atomic mass is 9.85. The molecule has 4 rings (SSSR count). The van der Waals surface area contributed by atoms with Crippen molar-refractivity contribution in [1.82, 2.24) is 0 Å². The fourth-order valence-corrected chi connectivity index (χ4v) is 3.40. The zero-order chi connectivity index (χ0) is 17.2. The summed E-state index contributed by atoms with van der Waals surface area (Å²) in [5, 5.41) is 0. The highest BCUT2D eigenvalue weighted by atomic mass is 16.5. The molecule has 0 bridgehead atoms. The summed E-state index contributed by atoms with van der Waals surface area (Å²) in [6.07, 6.45) is 1.86. The number of aryl methyl sites for hydroxylation is 1. The Morgan fingerprint density at radius 3 is 2.56 bits per heavy atom. The van der Waals surface area contributed by atoms with E-state index in [9.17, 15) is 4.79 Å². The maximum atomic E-state index is 12.3. The quantitative estimate of drug-likeness (QED) is 0.491. The van der Waals surface area contributed by atoms with E-state index in [1.54, 1.807) is 6.92 Å². The van der Waals surface area contributed by atoms with Gasteiger partial charge in [0.1, 0.15) is 0 Å². The van der Waals surface area contributed by atoms with Crippen molar-refractivity contribution in [2.75, 3.05) is 6.61 Å². The van der Waals surface area contributed by atoms with Gasteiger partial charge in [-0.05, 0) is 37.0 Å². The van der Waals surface area contributed by atoms with Gasteiger partial charge in [0.15, 0.2) is 0 Å². The van der Waals surface area contributed by atoms with Gasteiger partial charge in [-0.25, -0.2) is 4.79 Å². The van der Waals surface area contributed by atoms with Gasteiger partial charge in [0.05, 0.1) is 23.8 Å². The first-order chi connectivity index (χ1) is 12.3. The van der Waals surface area contributed by atoms with Gasteiger partial charge < -0.3 is 4.74 Å². The first-order valence-corrected chi connectivity index (χ1v) is 8.58. The van der Waals surface area contributed by atoms with Crippen molar-refractivity contribution in [2.24, 2.45) is 0 Å².